The van der Waals surface area contributed by atoms with E-state index in [-0.39, 0.29) is 30.2 Å². The van der Waals surface area contributed by atoms with Crippen molar-refractivity contribution < 1.29 is 28.6 Å². The summed E-state index contributed by atoms with van der Waals surface area (Å²) in [5, 5.41) is 10.1. The van der Waals surface area contributed by atoms with Crippen LogP contribution in [0.3, 0.4) is 0 Å². The molecule has 0 aliphatic rings. The predicted molar refractivity (Wildman–Crippen MR) is 99.5 cm³/mol. The molecule has 0 unspecified atom stereocenters. The number of esters is 2. The zero-order valence-corrected chi connectivity index (χ0v) is 15.6. The highest BCUT2D eigenvalue weighted by Gasteiger charge is 2.24. The molecule has 0 fully saturated rings. The number of carbonyl (C=O) groups is 2. The molecule has 0 atom stereocenters. The van der Waals surface area contributed by atoms with Crippen LogP contribution in [0.1, 0.15) is 44.6 Å². The van der Waals surface area contributed by atoms with Crippen molar-refractivity contribution in [3.8, 4) is 5.75 Å². The molecule has 0 radical (unpaired) electrons. The van der Waals surface area contributed by atoms with Gasteiger partial charge in [0.2, 0.25) is 0 Å². The summed E-state index contributed by atoms with van der Waals surface area (Å²) in [6.07, 6.45) is 0. The van der Waals surface area contributed by atoms with Crippen molar-refractivity contribution in [3.63, 3.8) is 0 Å². The SMILES string of the molecule is CCOC(=O)c1c(C)[nH]c(C(=O)OCc2cc(=O)oc3cc(O)ccc23)c1C. The quantitative estimate of drug-likeness (QED) is 0.512. The Bertz CT molecular complexity index is 1120. The minimum absolute atomic E-state index is 0.0474. The molecule has 8 nitrogen and oxygen atoms in total. The fourth-order valence-electron chi connectivity index (χ4n) is 3.02. The lowest BCUT2D eigenvalue weighted by Gasteiger charge is -2.07. The number of aromatic amines is 1. The number of aromatic hydroxyl groups is 1. The Hall–Kier alpha value is -3.55. The van der Waals surface area contributed by atoms with E-state index in [4.69, 9.17) is 13.9 Å². The molecule has 0 saturated heterocycles. The number of hydrogen-bond acceptors (Lipinski definition) is 7. The first-order valence-electron chi connectivity index (χ1n) is 8.61. The number of carbonyl (C=O) groups excluding carboxylic acids is 2. The predicted octanol–water partition coefficient (Wildman–Crippen LogP) is 2.98. The monoisotopic (exact) mass is 385 g/mol. The maximum atomic E-state index is 12.5. The van der Waals surface area contributed by atoms with Gasteiger partial charge in [-0.25, -0.2) is 14.4 Å². The normalized spacial score (nSPS) is 10.8. The number of aryl methyl sites for hydroxylation is 1. The third-order valence-corrected chi connectivity index (χ3v) is 4.29. The molecule has 0 aliphatic heterocycles. The number of nitrogens with one attached hydrogen (secondary N) is 1. The second-order valence-electron chi connectivity index (χ2n) is 6.19. The minimum atomic E-state index is -0.670. The minimum Gasteiger partial charge on any atom is -0.508 e. The molecule has 146 valence electrons. The summed E-state index contributed by atoms with van der Waals surface area (Å²) in [6, 6.07) is 5.55. The molecule has 28 heavy (non-hydrogen) atoms. The molecule has 0 aliphatic carbocycles. The van der Waals surface area contributed by atoms with Gasteiger partial charge in [-0.2, -0.15) is 0 Å². The van der Waals surface area contributed by atoms with Crippen LogP contribution in [-0.4, -0.2) is 28.6 Å². The van der Waals surface area contributed by atoms with Crippen LogP contribution >= 0.6 is 0 Å². The molecule has 0 spiro atoms. The Kier molecular flexibility index (Phi) is 5.21. The van der Waals surface area contributed by atoms with Gasteiger partial charge in [0, 0.05) is 28.8 Å². The summed E-state index contributed by atoms with van der Waals surface area (Å²) >= 11 is 0. The summed E-state index contributed by atoms with van der Waals surface area (Å²) in [6.45, 7) is 5.03. The van der Waals surface area contributed by atoms with Gasteiger partial charge in [-0.15, -0.1) is 0 Å². The number of benzene rings is 1. The zero-order chi connectivity index (χ0) is 20.4. The number of phenolic OH excluding ortho intramolecular Hbond substituents is 1. The van der Waals surface area contributed by atoms with Crippen LogP contribution in [0.2, 0.25) is 0 Å². The molecule has 2 heterocycles. The number of aromatic nitrogens is 1. The number of ether oxygens (including phenoxy) is 2. The smallest absolute Gasteiger partial charge is 0.355 e. The molecular weight excluding hydrogens is 366 g/mol. The third-order valence-electron chi connectivity index (χ3n) is 4.29. The zero-order valence-electron chi connectivity index (χ0n) is 15.6. The summed E-state index contributed by atoms with van der Waals surface area (Å²) < 4.78 is 15.4. The number of phenols is 1. The average Bonchev–Trinajstić information content (AvgIpc) is 2.93. The lowest BCUT2D eigenvalue weighted by atomic mass is 10.1. The molecule has 0 saturated carbocycles. The number of rotatable bonds is 5. The summed E-state index contributed by atoms with van der Waals surface area (Å²) in [5.74, 6) is -1.23. The lowest BCUT2D eigenvalue weighted by Crippen LogP contribution is -2.10. The van der Waals surface area contributed by atoms with Crippen molar-refractivity contribution in [1.29, 1.82) is 0 Å². The average molecular weight is 385 g/mol. The van der Waals surface area contributed by atoms with Crippen LogP contribution < -0.4 is 5.63 Å². The highest BCUT2D eigenvalue weighted by atomic mass is 16.5. The van der Waals surface area contributed by atoms with Gasteiger partial charge in [-0.3, -0.25) is 0 Å². The number of fused-ring (bicyclic) bond motifs is 1. The Morgan fingerprint density at radius 2 is 1.89 bits per heavy atom. The first-order valence-corrected chi connectivity index (χ1v) is 8.61. The van der Waals surface area contributed by atoms with Crippen LogP contribution in [0.5, 0.6) is 5.75 Å². The molecule has 8 heteroatoms. The first kappa shape index (κ1) is 19.2. The number of hydrogen-bond donors (Lipinski definition) is 2. The van der Waals surface area contributed by atoms with E-state index in [0.717, 1.165) is 0 Å². The molecule has 0 bridgehead atoms. The molecule has 3 aromatic rings. The lowest BCUT2D eigenvalue weighted by molar-refractivity contribution is 0.0466. The van der Waals surface area contributed by atoms with Gasteiger partial charge in [-0.05, 0) is 38.5 Å². The molecule has 2 N–H and O–H groups in total. The topological polar surface area (TPSA) is 119 Å². The van der Waals surface area contributed by atoms with Crippen LogP contribution in [0.25, 0.3) is 11.0 Å². The van der Waals surface area contributed by atoms with E-state index in [1.165, 1.54) is 18.2 Å². The van der Waals surface area contributed by atoms with E-state index < -0.39 is 17.6 Å². The van der Waals surface area contributed by atoms with Gasteiger partial charge in [-0.1, -0.05) is 0 Å². The largest absolute Gasteiger partial charge is 0.508 e. The van der Waals surface area contributed by atoms with E-state index in [2.05, 4.69) is 4.98 Å². The molecule has 2 aromatic heterocycles. The van der Waals surface area contributed by atoms with E-state index in [9.17, 15) is 19.5 Å². The van der Waals surface area contributed by atoms with Crippen molar-refractivity contribution in [2.24, 2.45) is 0 Å². The highest BCUT2D eigenvalue weighted by molar-refractivity contribution is 5.98. The van der Waals surface area contributed by atoms with E-state index in [1.54, 1.807) is 26.8 Å². The second kappa shape index (κ2) is 7.59. The molecule has 3 rings (SSSR count). The van der Waals surface area contributed by atoms with Crippen molar-refractivity contribution in [3.05, 3.63) is 62.8 Å². The van der Waals surface area contributed by atoms with E-state index in [1.807, 2.05) is 0 Å². The Balaban J connectivity index is 1.86. The van der Waals surface area contributed by atoms with Crippen LogP contribution in [0.4, 0.5) is 0 Å². The van der Waals surface area contributed by atoms with E-state index >= 15 is 0 Å². The maximum Gasteiger partial charge on any atom is 0.355 e. The molecule has 0 amide bonds. The summed E-state index contributed by atoms with van der Waals surface area (Å²) in [5.41, 5.74) is 1.38. The Morgan fingerprint density at radius 1 is 1.14 bits per heavy atom. The van der Waals surface area contributed by atoms with Crippen LogP contribution in [-0.2, 0) is 16.1 Å². The Morgan fingerprint density at radius 3 is 2.61 bits per heavy atom. The first-order chi connectivity index (χ1) is 13.3. The number of H-pyrrole nitrogens is 1. The van der Waals surface area contributed by atoms with Crippen LogP contribution in [0, 0.1) is 13.8 Å². The van der Waals surface area contributed by atoms with Gasteiger partial charge in [0.1, 0.15) is 23.6 Å². The van der Waals surface area contributed by atoms with Crippen molar-refractivity contribution in [1.82, 2.24) is 4.98 Å². The molecule has 1 aromatic carbocycles. The third kappa shape index (κ3) is 3.62. The fraction of sp³-hybridized carbons (Fsp3) is 0.250. The second-order valence-corrected chi connectivity index (χ2v) is 6.19. The van der Waals surface area contributed by atoms with Gasteiger partial charge >= 0.3 is 17.6 Å². The van der Waals surface area contributed by atoms with Crippen LogP contribution in [0.15, 0.2) is 33.5 Å². The van der Waals surface area contributed by atoms with Gasteiger partial charge < -0.3 is 24.0 Å². The van der Waals surface area contributed by atoms with Crippen molar-refractivity contribution >= 4 is 22.9 Å². The standard InChI is InChI=1S/C20H19NO7/c1-4-26-19(24)17-10(2)18(21-11(17)3)20(25)27-9-12-7-16(23)28-15-8-13(22)5-6-14(12)15/h5-8,21-22H,4,9H2,1-3H3. The summed E-state index contributed by atoms with van der Waals surface area (Å²) in [7, 11) is 0. The van der Waals surface area contributed by atoms with Gasteiger partial charge in [0.25, 0.3) is 0 Å². The van der Waals surface area contributed by atoms with E-state index in [0.29, 0.717) is 27.8 Å². The Labute approximate surface area is 159 Å². The van der Waals surface area contributed by atoms with Gasteiger partial charge in [0.15, 0.2) is 0 Å². The molecular formula is C20H19NO7. The van der Waals surface area contributed by atoms with Gasteiger partial charge in [0.05, 0.1) is 12.2 Å². The summed E-state index contributed by atoms with van der Waals surface area (Å²) in [4.78, 5) is 39.1. The van der Waals surface area contributed by atoms with Crippen molar-refractivity contribution in [2.75, 3.05) is 6.61 Å². The fourth-order valence-corrected chi connectivity index (χ4v) is 3.02. The maximum absolute atomic E-state index is 12.5. The van der Waals surface area contributed by atoms with Crippen molar-refractivity contribution in [2.45, 2.75) is 27.4 Å². The highest BCUT2D eigenvalue weighted by Crippen LogP contribution is 2.24.